The molecule has 0 aliphatic carbocycles. The molecule has 0 aromatic rings. The molecule has 0 aliphatic rings. The van der Waals surface area contributed by atoms with Gasteiger partial charge in [0.2, 0.25) is 5.91 Å². The molecular formula is C5H8F3N3O2. The Hall–Kier alpha value is -1.47. The molecule has 0 bridgehead atoms. The van der Waals surface area contributed by atoms with E-state index >= 15 is 0 Å². The highest BCUT2D eigenvalue weighted by atomic mass is 19.4. The Morgan fingerprint density at radius 2 is 1.77 bits per heavy atom. The lowest BCUT2D eigenvalue weighted by Crippen LogP contribution is -2.44. The first-order chi connectivity index (χ1) is 5.81. The van der Waals surface area contributed by atoms with Gasteiger partial charge in [0.25, 0.3) is 0 Å². The molecule has 0 heterocycles. The number of urea groups is 1. The number of hydrazine groups is 1. The van der Waals surface area contributed by atoms with Crippen molar-refractivity contribution < 1.29 is 22.8 Å². The van der Waals surface area contributed by atoms with Crippen molar-refractivity contribution in [1.82, 2.24) is 10.9 Å². The van der Waals surface area contributed by atoms with E-state index in [1.54, 1.807) is 10.9 Å². The molecule has 13 heavy (non-hydrogen) atoms. The number of carbonyl (C=O) groups excluding carboxylic acids is 2. The van der Waals surface area contributed by atoms with Gasteiger partial charge in [-0.25, -0.2) is 10.2 Å². The molecule has 0 saturated heterocycles. The summed E-state index contributed by atoms with van der Waals surface area (Å²) in [6.07, 6.45) is -6.37. The van der Waals surface area contributed by atoms with Crippen molar-refractivity contribution in [2.75, 3.05) is 0 Å². The molecule has 0 aromatic heterocycles. The van der Waals surface area contributed by atoms with Gasteiger partial charge in [-0.2, -0.15) is 13.2 Å². The largest absolute Gasteiger partial charge is 0.389 e. The van der Waals surface area contributed by atoms with E-state index < -0.39 is 31.0 Å². The Morgan fingerprint density at radius 1 is 1.23 bits per heavy atom. The third-order valence-electron chi connectivity index (χ3n) is 0.961. The van der Waals surface area contributed by atoms with Crippen LogP contribution in [-0.2, 0) is 4.79 Å². The van der Waals surface area contributed by atoms with E-state index in [-0.39, 0.29) is 0 Å². The van der Waals surface area contributed by atoms with Gasteiger partial charge >= 0.3 is 12.2 Å². The molecule has 3 amide bonds. The third-order valence-corrected chi connectivity index (χ3v) is 0.961. The van der Waals surface area contributed by atoms with Crippen LogP contribution in [0, 0.1) is 0 Å². The van der Waals surface area contributed by atoms with Crippen molar-refractivity contribution in [2.45, 2.75) is 19.0 Å². The molecule has 4 N–H and O–H groups in total. The summed E-state index contributed by atoms with van der Waals surface area (Å²) in [5.74, 6) is -0.948. The van der Waals surface area contributed by atoms with E-state index in [1.165, 1.54) is 0 Å². The van der Waals surface area contributed by atoms with Gasteiger partial charge < -0.3 is 5.73 Å². The molecule has 0 spiro atoms. The minimum Gasteiger partial charge on any atom is -0.350 e. The number of carbonyl (C=O) groups is 2. The van der Waals surface area contributed by atoms with Crippen molar-refractivity contribution in [1.29, 1.82) is 0 Å². The van der Waals surface area contributed by atoms with Crippen LogP contribution in [0.3, 0.4) is 0 Å². The van der Waals surface area contributed by atoms with Crippen LogP contribution in [-0.4, -0.2) is 18.1 Å². The number of alkyl halides is 3. The Bertz CT molecular complexity index is 204. The maximum Gasteiger partial charge on any atom is 0.389 e. The van der Waals surface area contributed by atoms with Crippen LogP contribution in [0.2, 0.25) is 0 Å². The highest BCUT2D eigenvalue weighted by Crippen LogP contribution is 2.20. The monoisotopic (exact) mass is 199 g/mol. The minimum atomic E-state index is -4.38. The molecular weight excluding hydrogens is 191 g/mol. The number of amides is 3. The molecule has 8 heteroatoms. The van der Waals surface area contributed by atoms with Gasteiger partial charge in [0.1, 0.15) is 0 Å². The van der Waals surface area contributed by atoms with Gasteiger partial charge in [-0.05, 0) is 0 Å². The molecule has 0 aromatic carbocycles. The number of hydrogen-bond donors (Lipinski definition) is 3. The molecule has 76 valence electrons. The topological polar surface area (TPSA) is 84.2 Å². The Morgan fingerprint density at radius 3 is 2.15 bits per heavy atom. The lowest BCUT2D eigenvalue weighted by molar-refractivity contribution is -0.144. The Balaban J connectivity index is 3.58. The number of rotatable bonds is 2. The van der Waals surface area contributed by atoms with E-state index in [9.17, 15) is 22.8 Å². The fourth-order valence-corrected chi connectivity index (χ4v) is 0.449. The summed E-state index contributed by atoms with van der Waals surface area (Å²) in [6, 6.07) is -1.04. The zero-order valence-electron chi connectivity index (χ0n) is 6.44. The van der Waals surface area contributed by atoms with Crippen molar-refractivity contribution in [3.63, 3.8) is 0 Å². The highest BCUT2D eigenvalue weighted by Gasteiger charge is 2.27. The number of nitrogens with two attached hydrogens (primary N) is 1. The second-order valence-corrected chi connectivity index (χ2v) is 2.15. The molecule has 0 fully saturated rings. The van der Waals surface area contributed by atoms with Crippen molar-refractivity contribution >= 4 is 11.9 Å². The van der Waals surface area contributed by atoms with E-state index in [1.807, 2.05) is 0 Å². The Kier molecular flexibility index (Phi) is 4.02. The molecule has 0 aliphatic heterocycles. The minimum absolute atomic E-state index is 0.746. The number of primary amides is 1. The average molecular weight is 199 g/mol. The average Bonchev–Trinajstić information content (AvgIpc) is 1.95. The molecule has 0 atom stereocenters. The quantitative estimate of drug-likeness (QED) is 0.548. The second kappa shape index (κ2) is 4.53. The first-order valence-electron chi connectivity index (χ1n) is 3.22. The lowest BCUT2D eigenvalue weighted by Gasteiger charge is -2.06. The SMILES string of the molecule is NC(=O)NNC(=O)CCC(F)(F)F. The molecule has 0 saturated carbocycles. The number of nitrogens with one attached hydrogen (secondary N) is 2. The summed E-state index contributed by atoms with van der Waals surface area (Å²) in [7, 11) is 0. The van der Waals surface area contributed by atoms with Crippen molar-refractivity contribution in [3.8, 4) is 0 Å². The summed E-state index contributed by atoms with van der Waals surface area (Å²) in [5.41, 5.74) is 7.88. The van der Waals surface area contributed by atoms with Gasteiger partial charge in [-0.15, -0.1) is 0 Å². The maximum absolute atomic E-state index is 11.5. The molecule has 0 radical (unpaired) electrons. The maximum atomic E-state index is 11.5. The van der Waals surface area contributed by atoms with Gasteiger partial charge in [0.05, 0.1) is 6.42 Å². The summed E-state index contributed by atoms with van der Waals surface area (Å²) in [4.78, 5) is 20.5. The zero-order valence-corrected chi connectivity index (χ0v) is 6.44. The van der Waals surface area contributed by atoms with Gasteiger partial charge in [-0.3, -0.25) is 10.2 Å². The summed E-state index contributed by atoms with van der Waals surface area (Å²) in [6.45, 7) is 0. The van der Waals surface area contributed by atoms with Gasteiger partial charge in [-0.1, -0.05) is 0 Å². The highest BCUT2D eigenvalue weighted by molar-refractivity contribution is 5.80. The molecule has 0 unspecified atom stereocenters. The third kappa shape index (κ3) is 8.44. The van der Waals surface area contributed by atoms with E-state index in [0.29, 0.717) is 0 Å². The van der Waals surface area contributed by atoms with Crippen molar-refractivity contribution in [3.05, 3.63) is 0 Å². The molecule has 0 rings (SSSR count). The van der Waals surface area contributed by atoms with Crippen LogP contribution >= 0.6 is 0 Å². The predicted octanol–water partition coefficient (Wildman–Crippen LogP) is 0.0284. The Labute approximate surface area is 71.4 Å². The summed E-state index contributed by atoms with van der Waals surface area (Å²) < 4.78 is 34.6. The lowest BCUT2D eigenvalue weighted by atomic mass is 10.3. The number of halogens is 3. The smallest absolute Gasteiger partial charge is 0.350 e. The molecule has 5 nitrogen and oxygen atoms in total. The first-order valence-corrected chi connectivity index (χ1v) is 3.22. The zero-order chi connectivity index (χ0) is 10.5. The normalized spacial score (nSPS) is 10.7. The van der Waals surface area contributed by atoms with Crippen molar-refractivity contribution in [2.24, 2.45) is 5.73 Å². The van der Waals surface area contributed by atoms with Gasteiger partial charge in [0, 0.05) is 6.42 Å². The predicted molar refractivity (Wildman–Crippen MR) is 36.2 cm³/mol. The fraction of sp³-hybridized carbons (Fsp3) is 0.600. The van der Waals surface area contributed by atoms with E-state index in [0.717, 1.165) is 0 Å². The van der Waals surface area contributed by atoms with Crippen LogP contribution in [0.4, 0.5) is 18.0 Å². The standard InChI is InChI=1S/C5H8F3N3O2/c6-5(7,8)2-1-3(12)10-11-4(9)13/h1-2H2,(H,10,12)(H3,9,11,13). The fourth-order valence-electron chi connectivity index (χ4n) is 0.449. The second-order valence-electron chi connectivity index (χ2n) is 2.15. The summed E-state index contributed by atoms with van der Waals surface area (Å²) in [5, 5.41) is 0. The first kappa shape index (κ1) is 11.5. The summed E-state index contributed by atoms with van der Waals surface area (Å²) >= 11 is 0. The van der Waals surface area contributed by atoms with Crippen LogP contribution in [0.5, 0.6) is 0 Å². The van der Waals surface area contributed by atoms with Gasteiger partial charge in [0.15, 0.2) is 0 Å². The van der Waals surface area contributed by atoms with E-state index in [4.69, 9.17) is 0 Å². The van der Waals surface area contributed by atoms with Crippen LogP contribution in [0.1, 0.15) is 12.8 Å². The van der Waals surface area contributed by atoms with Crippen LogP contribution < -0.4 is 16.6 Å². The van der Waals surface area contributed by atoms with Crippen LogP contribution in [0.15, 0.2) is 0 Å². The van der Waals surface area contributed by atoms with E-state index in [2.05, 4.69) is 5.73 Å². The number of hydrogen-bond acceptors (Lipinski definition) is 2. The van der Waals surface area contributed by atoms with Crippen LogP contribution in [0.25, 0.3) is 0 Å².